The van der Waals surface area contributed by atoms with E-state index in [0.29, 0.717) is 11.7 Å². The van der Waals surface area contributed by atoms with Gasteiger partial charge in [-0.05, 0) is 19.1 Å². The molecule has 0 radical (unpaired) electrons. The Morgan fingerprint density at radius 3 is 2.95 bits per heavy atom. The monoisotopic (exact) mass is 286 g/mol. The zero-order valence-electron chi connectivity index (χ0n) is 10.6. The highest BCUT2D eigenvalue weighted by Gasteiger charge is 2.11. The van der Waals surface area contributed by atoms with E-state index in [1.54, 1.807) is 12.3 Å². The van der Waals surface area contributed by atoms with Crippen molar-refractivity contribution in [3.8, 4) is 0 Å². The predicted molar refractivity (Wildman–Crippen MR) is 73.7 cm³/mol. The molecule has 1 rings (SSSR count). The van der Waals surface area contributed by atoms with Crippen LogP contribution in [0.1, 0.15) is 6.92 Å². The van der Waals surface area contributed by atoms with Crippen LogP contribution in [0.3, 0.4) is 0 Å². The summed E-state index contributed by atoms with van der Waals surface area (Å²) in [6.07, 6.45) is 1.65. The molecule has 0 saturated carbocycles. The standard InChI is InChI=1S/C10H15ClN6O2/c1-7(5-14-10(12)15-17(18)19)16(2)8-3-4-9(11)13-6-8/h3-4,6-7H,5H2,1-2H3,(H3,12,14,15). The summed E-state index contributed by atoms with van der Waals surface area (Å²) in [6.45, 7) is 2.34. The molecule has 0 aliphatic heterocycles. The Morgan fingerprint density at radius 2 is 2.42 bits per heavy atom. The van der Waals surface area contributed by atoms with Gasteiger partial charge in [0.15, 0.2) is 5.03 Å². The molecular formula is C10H15ClN6O2. The zero-order chi connectivity index (χ0) is 14.4. The van der Waals surface area contributed by atoms with E-state index in [-0.39, 0.29) is 12.0 Å². The number of nitrogens with one attached hydrogen (secondary N) is 1. The van der Waals surface area contributed by atoms with E-state index in [9.17, 15) is 10.1 Å². The molecule has 1 atom stereocenters. The Labute approximate surface area is 115 Å². The molecule has 1 aromatic rings. The Morgan fingerprint density at radius 1 is 1.74 bits per heavy atom. The number of nitrogens with two attached hydrogens (primary N) is 1. The minimum atomic E-state index is -0.847. The van der Waals surface area contributed by atoms with Gasteiger partial charge >= 0.3 is 0 Å². The topological polar surface area (TPSA) is 110 Å². The van der Waals surface area contributed by atoms with Gasteiger partial charge in [-0.15, -0.1) is 0 Å². The van der Waals surface area contributed by atoms with Crippen LogP contribution in [0.25, 0.3) is 0 Å². The number of pyridine rings is 1. The van der Waals surface area contributed by atoms with Crippen LogP contribution in [-0.4, -0.2) is 35.6 Å². The van der Waals surface area contributed by atoms with Gasteiger partial charge in [-0.1, -0.05) is 11.6 Å². The summed E-state index contributed by atoms with van der Waals surface area (Å²) in [7, 11) is 1.87. The highest BCUT2D eigenvalue weighted by molar-refractivity contribution is 6.29. The fourth-order valence-corrected chi connectivity index (χ4v) is 1.46. The molecule has 0 aliphatic rings. The third kappa shape index (κ3) is 4.96. The van der Waals surface area contributed by atoms with E-state index in [4.69, 9.17) is 17.3 Å². The van der Waals surface area contributed by atoms with Crippen LogP contribution < -0.4 is 16.0 Å². The number of anilines is 1. The van der Waals surface area contributed by atoms with E-state index >= 15 is 0 Å². The first-order valence-electron chi connectivity index (χ1n) is 5.47. The SMILES string of the molecule is CC(CN/C(N)=N/[N+](=O)[O-])N(C)c1ccc(Cl)nc1. The molecule has 104 valence electrons. The van der Waals surface area contributed by atoms with E-state index in [1.165, 1.54) is 0 Å². The second kappa shape index (κ2) is 6.74. The fraction of sp³-hybridized carbons (Fsp3) is 0.400. The van der Waals surface area contributed by atoms with Gasteiger partial charge in [0.25, 0.3) is 5.96 Å². The van der Waals surface area contributed by atoms with Crippen LogP contribution in [0.4, 0.5) is 5.69 Å². The maximum atomic E-state index is 10.1. The quantitative estimate of drug-likeness (QED) is 0.270. The third-order valence-electron chi connectivity index (χ3n) is 2.55. The highest BCUT2D eigenvalue weighted by atomic mass is 35.5. The molecule has 1 unspecified atom stereocenters. The number of nitrogens with zero attached hydrogens (tertiary/aromatic N) is 4. The summed E-state index contributed by atoms with van der Waals surface area (Å²) in [5.74, 6) is -0.223. The van der Waals surface area contributed by atoms with Crippen molar-refractivity contribution in [2.75, 3.05) is 18.5 Å². The first kappa shape index (κ1) is 15.0. The first-order chi connectivity index (χ1) is 8.90. The summed E-state index contributed by atoms with van der Waals surface area (Å²) in [6, 6.07) is 3.56. The molecule has 9 heteroatoms. The number of halogens is 1. The maximum Gasteiger partial charge on any atom is 0.266 e. The van der Waals surface area contributed by atoms with Gasteiger partial charge in [0, 0.05) is 19.6 Å². The zero-order valence-corrected chi connectivity index (χ0v) is 11.3. The molecule has 1 aromatic heterocycles. The van der Waals surface area contributed by atoms with Crippen LogP contribution in [0.2, 0.25) is 5.15 Å². The minimum absolute atomic E-state index is 0.0310. The molecule has 0 saturated heterocycles. The molecule has 0 spiro atoms. The summed E-state index contributed by atoms with van der Waals surface area (Å²) in [5, 5.41) is 15.3. The second-order valence-corrected chi connectivity index (χ2v) is 4.29. The lowest BCUT2D eigenvalue weighted by Crippen LogP contribution is -2.43. The largest absolute Gasteiger partial charge is 0.369 e. The van der Waals surface area contributed by atoms with Gasteiger partial charge in [-0.2, -0.15) is 0 Å². The van der Waals surface area contributed by atoms with E-state index < -0.39 is 5.03 Å². The molecule has 19 heavy (non-hydrogen) atoms. The molecule has 0 aromatic carbocycles. The van der Waals surface area contributed by atoms with Crippen molar-refractivity contribution in [3.05, 3.63) is 33.6 Å². The van der Waals surface area contributed by atoms with Gasteiger partial charge in [0.2, 0.25) is 0 Å². The third-order valence-corrected chi connectivity index (χ3v) is 2.77. The number of hydrogen-bond donors (Lipinski definition) is 2. The number of hydrazone groups is 1. The Kier molecular flexibility index (Phi) is 5.31. The molecular weight excluding hydrogens is 272 g/mol. The van der Waals surface area contributed by atoms with E-state index in [2.05, 4.69) is 15.4 Å². The van der Waals surface area contributed by atoms with E-state index in [1.807, 2.05) is 24.9 Å². The normalized spacial score (nSPS) is 12.9. The predicted octanol–water partition coefficient (Wildman–Crippen LogP) is 0.656. The van der Waals surface area contributed by atoms with Crippen molar-refractivity contribution in [1.29, 1.82) is 0 Å². The maximum absolute atomic E-state index is 10.1. The van der Waals surface area contributed by atoms with Crippen molar-refractivity contribution in [3.63, 3.8) is 0 Å². The molecule has 0 bridgehead atoms. The molecule has 1 heterocycles. The summed E-state index contributed by atoms with van der Waals surface area (Å²) in [5.41, 5.74) is 6.21. The number of hydrogen-bond acceptors (Lipinski definition) is 4. The number of nitro groups is 1. The molecule has 8 nitrogen and oxygen atoms in total. The summed E-state index contributed by atoms with van der Waals surface area (Å²) < 4.78 is 0. The number of aromatic nitrogens is 1. The average Bonchev–Trinajstić information content (AvgIpc) is 2.35. The lowest BCUT2D eigenvalue weighted by molar-refractivity contribution is -0.485. The van der Waals surface area contributed by atoms with Crippen molar-refractivity contribution in [1.82, 2.24) is 10.3 Å². The van der Waals surface area contributed by atoms with Gasteiger partial charge in [-0.25, -0.2) is 15.1 Å². The number of rotatable bonds is 5. The smallest absolute Gasteiger partial charge is 0.266 e. The molecule has 0 amide bonds. The number of likely N-dealkylation sites (N-methyl/N-ethyl adjacent to an activating group) is 1. The second-order valence-electron chi connectivity index (χ2n) is 3.90. The summed E-state index contributed by atoms with van der Waals surface area (Å²) in [4.78, 5) is 16.0. The van der Waals surface area contributed by atoms with Crippen molar-refractivity contribution in [2.24, 2.45) is 10.8 Å². The van der Waals surface area contributed by atoms with Gasteiger partial charge in [-0.3, -0.25) is 0 Å². The van der Waals surface area contributed by atoms with Gasteiger partial charge < -0.3 is 16.0 Å². The fourth-order valence-electron chi connectivity index (χ4n) is 1.34. The molecule has 3 N–H and O–H groups in total. The Balaban J connectivity index is 2.55. The van der Waals surface area contributed by atoms with Crippen LogP contribution in [0.15, 0.2) is 23.4 Å². The Bertz CT molecular complexity index is 464. The lowest BCUT2D eigenvalue weighted by Gasteiger charge is -2.26. The van der Waals surface area contributed by atoms with Crippen LogP contribution >= 0.6 is 11.6 Å². The summed E-state index contributed by atoms with van der Waals surface area (Å²) >= 11 is 5.71. The lowest BCUT2D eigenvalue weighted by atomic mass is 10.2. The highest BCUT2D eigenvalue weighted by Crippen LogP contribution is 2.15. The molecule has 0 fully saturated rings. The van der Waals surface area contributed by atoms with Crippen molar-refractivity contribution in [2.45, 2.75) is 13.0 Å². The van der Waals surface area contributed by atoms with E-state index in [0.717, 1.165) is 5.69 Å². The number of guanidine groups is 1. The van der Waals surface area contributed by atoms with Gasteiger partial charge in [0.1, 0.15) is 10.3 Å². The Hall–Kier alpha value is -2.09. The first-order valence-corrected chi connectivity index (χ1v) is 5.84. The van der Waals surface area contributed by atoms with Crippen molar-refractivity contribution < 1.29 is 5.03 Å². The average molecular weight is 287 g/mol. The van der Waals surface area contributed by atoms with Crippen LogP contribution in [0.5, 0.6) is 0 Å². The molecule has 0 aliphatic carbocycles. The van der Waals surface area contributed by atoms with Crippen molar-refractivity contribution >= 4 is 23.2 Å². The minimum Gasteiger partial charge on any atom is -0.369 e. The van der Waals surface area contributed by atoms with Crippen LogP contribution in [-0.2, 0) is 0 Å². The van der Waals surface area contributed by atoms with Gasteiger partial charge in [0.05, 0.1) is 11.9 Å². The van der Waals surface area contributed by atoms with Crippen LogP contribution in [0, 0.1) is 10.1 Å².